The Morgan fingerprint density at radius 1 is 1.42 bits per heavy atom. The fourth-order valence-corrected chi connectivity index (χ4v) is 4.08. The van der Waals surface area contributed by atoms with E-state index in [0.717, 1.165) is 62.8 Å². The van der Waals surface area contributed by atoms with E-state index < -0.39 is 5.97 Å². The molecule has 0 amide bonds. The molecule has 1 aromatic carbocycles. The zero-order valence-electron chi connectivity index (χ0n) is 14.1. The van der Waals surface area contributed by atoms with Gasteiger partial charge in [-0.15, -0.1) is 0 Å². The van der Waals surface area contributed by atoms with Crippen LogP contribution < -0.4 is 4.74 Å². The fourth-order valence-electron chi connectivity index (χ4n) is 3.82. The van der Waals surface area contributed by atoms with Crippen LogP contribution >= 0.6 is 11.6 Å². The third-order valence-corrected chi connectivity index (χ3v) is 5.26. The van der Waals surface area contributed by atoms with Gasteiger partial charge >= 0.3 is 5.97 Å². The van der Waals surface area contributed by atoms with Gasteiger partial charge in [-0.2, -0.15) is 0 Å². The van der Waals surface area contributed by atoms with Gasteiger partial charge in [0.25, 0.3) is 0 Å². The van der Waals surface area contributed by atoms with Gasteiger partial charge in [0, 0.05) is 29.6 Å². The lowest BCUT2D eigenvalue weighted by Gasteiger charge is -2.37. The molecule has 0 atom stereocenters. The highest BCUT2D eigenvalue weighted by molar-refractivity contribution is 6.30. The zero-order chi connectivity index (χ0) is 17.1. The normalized spacial score (nSPS) is 18.6. The molecule has 0 saturated carbocycles. The van der Waals surface area contributed by atoms with Crippen LogP contribution in [0.5, 0.6) is 5.75 Å². The van der Waals surface area contributed by atoms with Crippen molar-refractivity contribution in [1.82, 2.24) is 9.80 Å². The molecule has 0 spiro atoms. The second kappa shape index (κ2) is 7.72. The summed E-state index contributed by atoms with van der Waals surface area (Å²) < 4.78 is 5.79. The molecule has 6 heteroatoms. The van der Waals surface area contributed by atoms with E-state index in [0.29, 0.717) is 6.04 Å². The van der Waals surface area contributed by atoms with Crippen LogP contribution in [0.3, 0.4) is 0 Å². The Balaban J connectivity index is 1.59. The van der Waals surface area contributed by atoms with Crippen LogP contribution in [0.15, 0.2) is 12.1 Å². The second-order valence-corrected chi connectivity index (χ2v) is 7.05. The van der Waals surface area contributed by atoms with Crippen molar-refractivity contribution >= 4 is 17.6 Å². The number of likely N-dealkylation sites (tertiary alicyclic amines) is 1. The number of carboxylic acid groups (broad SMARTS) is 1. The summed E-state index contributed by atoms with van der Waals surface area (Å²) in [7, 11) is 0. The molecule has 2 aliphatic rings. The van der Waals surface area contributed by atoms with Crippen LogP contribution in [0.25, 0.3) is 0 Å². The third kappa shape index (κ3) is 4.02. The van der Waals surface area contributed by atoms with Crippen molar-refractivity contribution in [2.24, 2.45) is 0 Å². The van der Waals surface area contributed by atoms with E-state index in [-0.39, 0.29) is 6.54 Å². The summed E-state index contributed by atoms with van der Waals surface area (Å²) in [6.07, 6.45) is 2.95. The van der Waals surface area contributed by atoms with Gasteiger partial charge in [-0.1, -0.05) is 18.5 Å². The Morgan fingerprint density at radius 2 is 2.17 bits per heavy atom. The topological polar surface area (TPSA) is 53.0 Å². The van der Waals surface area contributed by atoms with Crippen molar-refractivity contribution in [2.45, 2.75) is 38.8 Å². The minimum atomic E-state index is -0.745. The van der Waals surface area contributed by atoms with E-state index in [2.05, 4.69) is 9.80 Å². The van der Waals surface area contributed by atoms with Crippen molar-refractivity contribution in [2.75, 3.05) is 32.8 Å². The van der Waals surface area contributed by atoms with Crippen LogP contribution in [0.4, 0.5) is 0 Å². The first kappa shape index (κ1) is 17.5. The highest BCUT2D eigenvalue weighted by Gasteiger charge is 2.26. The van der Waals surface area contributed by atoms with Crippen LogP contribution in [0.1, 0.15) is 30.9 Å². The Morgan fingerprint density at radius 3 is 2.83 bits per heavy atom. The highest BCUT2D eigenvalue weighted by atomic mass is 35.5. The summed E-state index contributed by atoms with van der Waals surface area (Å²) in [4.78, 5) is 15.5. The zero-order valence-corrected chi connectivity index (χ0v) is 14.9. The van der Waals surface area contributed by atoms with Gasteiger partial charge in [-0.05, 0) is 50.2 Å². The standard InChI is InChI=1S/C18H25ClN2O3/c1-2-21(12-17(22)23)16-3-6-20(7-4-16)11-14-10-15(19)9-13-5-8-24-18(13)14/h9-10,16H,2-8,11-12H2,1H3,(H,22,23). The first-order chi connectivity index (χ1) is 11.6. The molecule has 1 aromatic rings. The van der Waals surface area contributed by atoms with Crippen LogP contribution in [0.2, 0.25) is 5.02 Å². The Hall–Kier alpha value is -1.30. The van der Waals surface area contributed by atoms with Crippen LogP contribution in [0, 0.1) is 0 Å². The van der Waals surface area contributed by atoms with E-state index in [1.165, 1.54) is 11.1 Å². The lowest BCUT2D eigenvalue weighted by molar-refractivity contribution is -0.139. The number of likely N-dealkylation sites (N-methyl/N-ethyl adjacent to an activating group) is 1. The summed E-state index contributed by atoms with van der Waals surface area (Å²) in [6.45, 7) is 6.49. The van der Waals surface area contributed by atoms with Crippen molar-refractivity contribution < 1.29 is 14.6 Å². The molecule has 132 valence electrons. The summed E-state index contributed by atoms with van der Waals surface area (Å²) in [5.41, 5.74) is 2.39. The first-order valence-corrected chi connectivity index (χ1v) is 9.07. The maximum Gasteiger partial charge on any atom is 0.317 e. The predicted molar refractivity (Wildman–Crippen MR) is 93.8 cm³/mol. The summed E-state index contributed by atoms with van der Waals surface area (Å²) in [5.74, 6) is 0.272. The smallest absolute Gasteiger partial charge is 0.317 e. The van der Waals surface area contributed by atoms with Crippen molar-refractivity contribution in [3.63, 3.8) is 0 Å². The maximum atomic E-state index is 11.0. The fraction of sp³-hybridized carbons (Fsp3) is 0.611. The maximum absolute atomic E-state index is 11.0. The summed E-state index contributed by atoms with van der Waals surface area (Å²) in [5, 5.41) is 9.81. The number of piperidine rings is 1. The van der Waals surface area contributed by atoms with Gasteiger partial charge in [-0.25, -0.2) is 0 Å². The average molecular weight is 353 g/mol. The van der Waals surface area contributed by atoms with Crippen molar-refractivity contribution in [1.29, 1.82) is 0 Å². The van der Waals surface area contributed by atoms with Crippen LogP contribution in [-0.4, -0.2) is 59.7 Å². The molecule has 0 aromatic heterocycles. The first-order valence-electron chi connectivity index (χ1n) is 8.69. The van der Waals surface area contributed by atoms with E-state index in [4.69, 9.17) is 21.4 Å². The quantitative estimate of drug-likeness (QED) is 0.853. The number of benzene rings is 1. The number of hydrogen-bond donors (Lipinski definition) is 1. The van der Waals surface area contributed by atoms with Gasteiger partial charge in [0.05, 0.1) is 13.2 Å². The lowest BCUT2D eigenvalue weighted by atomic mass is 10.0. The number of carboxylic acids is 1. The van der Waals surface area contributed by atoms with E-state index in [1.54, 1.807) is 0 Å². The molecule has 1 fully saturated rings. The summed E-state index contributed by atoms with van der Waals surface area (Å²) >= 11 is 6.24. The summed E-state index contributed by atoms with van der Waals surface area (Å²) in [6, 6.07) is 4.38. The molecule has 0 unspecified atom stereocenters. The molecule has 24 heavy (non-hydrogen) atoms. The SMILES string of the molecule is CCN(CC(=O)O)C1CCN(Cc2cc(Cl)cc3c2OCC3)CC1. The Labute approximate surface area is 148 Å². The van der Waals surface area contributed by atoms with E-state index in [1.807, 2.05) is 19.1 Å². The minimum absolute atomic E-state index is 0.136. The molecular weight excluding hydrogens is 328 g/mol. The van der Waals surface area contributed by atoms with Gasteiger partial charge in [0.15, 0.2) is 0 Å². The Bertz CT molecular complexity index is 600. The van der Waals surface area contributed by atoms with Gasteiger partial charge in [-0.3, -0.25) is 14.6 Å². The molecule has 2 heterocycles. The largest absolute Gasteiger partial charge is 0.493 e. The molecular formula is C18H25ClN2O3. The minimum Gasteiger partial charge on any atom is -0.493 e. The third-order valence-electron chi connectivity index (χ3n) is 5.04. The lowest BCUT2D eigenvalue weighted by Crippen LogP contribution is -2.46. The molecule has 1 saturated heterocycles. The number of hydrogen-bond acceptors (Lipinski definition) is 4. The molecule has 3 rings (SSSR count). The number of carbonyl (C=O) groups is 1. The van der Waals surface area contributed by atoms with Crippen molar-refractivity contribution in [3.05, 3.63) is 28.3 Å². The van der Waals surface area contributed by atoms with E-state index in [9.17, 15) is 4.79 Å². The molecule has 5 nitrogen and oxygen atoms in total. The Kier molecular flexibility index (Phi) is 5.64. The van der Waals surface area contributed by atoms with Crippen molar-refractivity contribution in [3.8, 4) is 5.75 Å². The number of nitrogens with zero attached hydrogens (tertiary/aromatic N) is 2. The molecule has 0 aliphatic carbocycles. The average Bonchev–Trinajstić information content (AvgIpc) is 3.01. The van der Waals surface area contributed by atoms with Crippen LogP contribution in [-0.2, 0) is 17.8 Å². The second-order valence-electron chi connectivity index (χ2n) is 6.62. The predicted octanol–water partition coefficient (Wildman–Crippen LogP) is 2.65. The van der Waals surface area contributed by atoms with Gasteiger partial charge < -0.3 is 9.84 Å². The number of ether oxygens (including phenoxy) is 1. The highest BCUT2D eigenvalue weighted by Crippen LogP contribution is 2.34. The molecule has 0 radical (unpaired) electrons. The molecule has 1 N–H and O–H groups in total. The molecule has 2 aliphatic heterocycles. The number of aliphatic carboxylic acids is 1. The number of fused-ring (bicyclic) bond motifs is 1. The molecule has 0 bridgehead atoms. The van der Waals surface area contributed by atoms with Gasteiger partial charge in [0.1, 0.15) is 5.75 Å². The van der Waals surface area contributed by atoms with Gasteiger partial charge in [0.2, 0.25) is 0 Å². The van der Waals surface area contributed by atoms with E-state index >= 15 is 0 Å². The number of halogens is 1. The number of rotatable bonds is 6. The monoisotopic (exact) mass is 352 g/mol.